The first kappa shape index (κ1) is 29.2. The lowest BCUT2D eigenvalue weighted by Crippen LogP contribution is -2.39. The van der Waals surface area contributed by atoms with Crippen LogP contribution in [0.25, 0.3) is 16.9 Å². The molecule has 4 heterocycles. The molecule has 1 aliphatic heterocycles. The molecule has 1 aliphatic rings. The van der Waals surface area contributed by atoms with Gasteiger partial charge in [0.15, 0.2) is 11.5 Å². The van der Waals surface area contributed by atoms with Gasteiger partial charge in [-0.2, -0.15) is 4.98 Å². The summed E-state index contributed by atoms with van der Waals surface area (Å²) in [5, 5.41) is 14.0. The van der Waals surface area contributed by atoms with Crippen molar-refractivity contribution in [2.75, 3.05) is 11.9 Å². The van der Waals surface area contributed by atoms with E-state index in [2.05, 4.69) is 20.3 Å². The van der Waals surface area contributed by atoms with Gasteiger partial charge in [-0.1, -0.05) is 6.07 Å². The number of halogens is 1. The van der Waals surface area contributed by atoms with Crippen LogP contribution in [-0.4, -0.2) is 52.6 Å². The molecule has 2 N–H and O–H groups in total. The number of pyridine rings is 1. The maximum atomic E-state index is 14.6. The van der Waals surface area contributed by atoms with Gasteiger partial charge in [0.05, 0.1) is 0 Å². The number of rotatable bonds is 5. The third-order valence-electron chi connectivity index (χ3n) is 6.87. The Morgan fingerprint density at radius 3 is 2.50 bits per heavy atom. The zero-order chi connectivity index (χ0) is 30.6. The minimum absolute atomic E-state index is 0.147. The first-order valence-corrected chi connectivity index (χ1v) is 13.9. The van der Waals surface area contributed by atoms with E-state index in [0.29, 0.717) is 25.2 Å². The highest BCUT2D eigenvalue weighted by Gasteiger charge is 2.27. The van der Waals surface area contributed by atoms with Crippen molar-refractivity contribution < 1.29 is 19.0 Å². The number of anilines is 2. The van der Waals surface area contributed by atoms with Crippen molar-refractivity contribution in [2.24, 2.45) is 0 Å². The van der Waals surface area contributed by atoms with Crippen LogP contribution in [0.2, 0.25) is 0 Å². The van der Waals surface area contributed by atoms with Crippen LogP contribution in [0.4, 0.5) is 20.8 Å². The zero-order valence-corrected chi connectivity index (χ0v) is 24.9. The summed E-state index contributed by atoms with van der Waals surface area (Å²) in [4.78, 5) is 41.1. The molecule has 1 amide bonds. The summed E-state index contributed by atoms with van der Waals surface area (Å²) in [6, 6.07) is 8.24. The number of carbonyl (C=O) groups excluding carboxylic acids is 1. The van der Waals surface area contributed by atoms with Gasteiger partial charge >= 0.3 is 6.09 Å². The summed E-state index contributed by atoms with van der Waals surface area (Å²) in [6.07, 6.45) is 1.81. The largest absolute Gasteiger partial charge is 0.444 e. The molecule has 4 aromatic rings. The lowest BCUT2D eigenvalue weighted by molar-refractivity contribution is 0.0224. The molecule has 0 aliphatic carbocycles. The minimum Gasteiger partial charge on any atom is -0.444 e. The van der Waals surface area contributed by atoms with Crippen LogP contribution >= 0.6 is 0 Å². The third-order valence-corrected chi connectivity index (χ3v) is 6.87. The number of aromatic nitrogens is 5. The second-order valence-electron chi connectivity index (χ2n) is 12.3. The number of nitrogens with one attached hydrogen (secondary N) is 1. The van der Waals surface area contributed by atoms with Crippen molar-refractivity contribution in [1.29, 1.82) is 0 Å². The van der Waals surface area contributed by atoms with Crippen molar-refractivity contribution in [2.45, 2.75) is 78.7 Å². The Bertz CT molecular complexity index is 1730. The van der Waals surface area contributed by atoms with Crippen LogP contribution in [0.15, 0.2) is 41.3 Å². The molecule has 222 valence electrons. The number of nitrogens with zero attached hydrogens (tertiary/aromatic N) is 6. The zero-order valence-electron chi connectivity index (χ0n) is 24.9. The van der Waals surface area contributed by atoms with Crippen LogP contribution in [0.1, 0.15) is 71.3 Å². The van der Waals surface area contributed by atoms with E-state index in [9.17, 15) is 19.1 Å². The van der Waals surface area contributed by atoms with Crippen molar-refractivity contribution >= 4 is 28.8 Å². The highest BCUT2D eigenvalue weighted by atomic mass is 19.1. The molecule has 0 bridgehead atoms. The summed E-state index contributed by atoms with van der Waals surface area (Å²) < 4.78 is 23.1. The van der Waals surface area contributed by atoms with Gasteiger partial charge in [-0.25, -0.2) is 28.5 Å². The predicted molar refractivity (Wildman–Crippen MR) is 157 cm³/mol. The van der Waals surface area contributed by atoms with Crippen LogP contribution in [-0.2, 0) is 23.3 Å². The fourth-order valence-corrected chi connectivity index (χ4v) is 4.97. The Balaban J connectivity index is 1.51. The van der Waals surface area contributed by atoms with Crippen LogP contribution < -0.4 is 10.9 Å². The number of ether oxygens (including phenoxy) is 1. The SMILES string of the molecule is CC(C)n1c(=O)c2cnc(Nc3ccc4c(c3)CN(C(=O)OC(C)(C)C)CC4)nc2n1-c1ccc(F)c(C(C)(C)O)n1. The van der Waals surface area contributed by atoms with Gasteiger partial charge in [-0.3, -0.25) is 4.79 Å². The van der Waals surface area contributed by atoms with Gasteiger partial charge in [-0.15, -0.1) is 0 Å². The Morgan fingerprint density at radius 2 is 1.83 bits per heavy atom. The van der Waals surface area contributed by atoms with Gasteiger partial charge in [0.1, 0.15) is 28.1 Å². The minimum atomic E-state index is -1.54. The molecule has 0 unspecified atom stereocenters. The molecule has 0 radical (unpaired) electrons. The topological polar surface area (TPSA) is 127 Å². The monoisotopic (exact) mass is 577 g/mol. The fraction of sp³-hybridized carbons (Fsp3) is 0.433. The van der Waals surface area contributed by atoms with Gasteiger partial charge in [0.25, 0.3) is 5.56 Å². The van der Waals surface area contributed by atoms with E-state index in [-0.39, 0.29) is 46.2 Å². The number of aliphatic hydroxyl groups is 1. The average Bonchev–Trinajstić information content (AvgIpc) is 3.18. The van der Waals surface area contributed by atoms with E-state index in [1.165, 1.54) is 41.5 Å². The molecular formula is C30H36FN7O4. The number of benzene rings is 1. The van der Waals surface area contributed by atoms with Crippen molar-refractivity contribution in [3.63, 3.8) is 0 Å². The van der Waals surface area contributed by atoms with E-state index < -0.39 is 17.0 Å². The van der Waals surface area contributed by atoms with Gasteiger partial charge in [0, 0.05) is 31.0 Å². The maximum Gasteiger partial charge on any atom is 0.410 e. The standard InChI is InChI=1S/C30H36FN7O4/c1-17(2)37-26(39)21-15-32-27(35-25(21)38(37)23-11-10-22(31)24(34-23)30(6,7)41)33-20-9-8-18-12-13-36(16-19(18)14-20)28(40)42-29(3,4)5/h8-11,14-15,17,41H,12-13,16H2,1-7H3,(H,32,33,35). The quantitative estimate of drug-likeness (QED) is 0.341. The maximum absolute atomic E-state index is 14.6. The highest BCUT2D eigenvalue weighted by molar-refractivity contribution is 5.77. The molecule has 1 aromatic carbocycles. The van der Waals surface area contributed by atoms with Crippen molar-refractivity contribution in [1.82, 2.24) is 29.2 Å². The van der Waals surface area contributed by atoms with Gasteiger partial charge in [0.2, 0.25) is 5.95 Å². The number of hydrogen-bond donors (Lipinski definition) is 2. The van der Waals surface area contributed by atoms with E-state index in [1.54, 1.807) is 4.90 Å². The van der Waals surface area contributed by atoms with E-state index in [0.717, 1.165) is 11.1 Å². The van der Waals surface area contributed by atoms with Crippen LogP contribution in [0.5, 0.6) is 0 Å². The lowest BCUT2D eigenvalue weighted by atomic mass is 9.99. The normalized spacial score (nSPS) is 13.9. The number of carbonyl (C=O) groups is 1. The molecule has 0 saturated heterocycles. The summed E-state index contributed by atoms with van der Waals surface area (Å²) in [6.45, 7) is 13.1. The second-order valence-corrected chi connectivity index (χ2v) is 12.3. The average molecular weight is 578 g/mol. The van der Waals surface area contributed by atoms with E-state index in [4.69, 9.17) is 4.74 Å². The first-order valence-electron chi connectivity index (χ1n) is 13.9. The van der Waals surface area contributed by atoms with Gasteiger partial charge < -0.3 is 20.1 Å². The summed E-state index contributed by atoms with van der Waals surface area (Å²) in [5.41, 5.74) is 0.525. The molecule has 0 atom stereocenters. The number of amides is 1. The first-order chi connectivity index (χ1) is 19.6. The third kappa shape index (κ3) is 5.71. The lowest BCUT2D eigenvalue weighted by Gasteiger charge is -2.31. The predicted octanol–water partition coefficient (Wildman–Crippen LogP) is 4.96. The van der Waals surface area contributed by atoms with Crippen molar-refractivity contribution in [3.05, 3.63) is 69.5 Å². The molecular weight excluding hydrogens is 541 g/mol. The molecule has 0 spiro atoms. The molecule has 3 aromatic heterocycles. The van der Waals surface area contributed by atoms with Crippen LogP contribution in [0.3, 0.4) is 0 Å². The van der Waals surface area contributed by atoms with E-state index in [1.807, 2.05) is 52.8 Å². The summed E-state index contributed by atoms with van der Waals surface area (Å²) in [5.74, 6) is -0.187. The summed E-state index contributed by atoms with van der Waals surface area (Å²) in [7, 11) is 0. The number of hydrogen-bond acceptors (Lipinski definition) is 8. The summed E-state index contributed by atoms with van der Waals surface area (Å²) >= 11 is 0. The van der Waals surface area contributed by atoms with Crippen molar-refractivity contribution in [3.8, 4) is 5.82 Å². The van der Waals surface area contributed by atoms with Crippen LogP contribution in [0, 0.1) is 5.82 Å². The Labute approximate surface area is 243 Å². The molecule has 12 heteroatoms. The Morgan fingerprint density at radius 1 is 1.10 bits per heavy atom. The molecule has 0 fully saturated rings. The smallest absolute Gasteiger partial charge is 0.410 e. The Hall–Kier alpha value is -4.32. The number of fused-ring (bicyclic) bond motifs is 2. The molecule has 11 nitrogen and oxygen atoms in total. The fourth-order valence-electron chi connectivity index (χ4n) is 4.97. The molecule has 0 saturated carbocycles. The second kappa shape index (κ2) is 10.5. The molecule has 42 heavy (non-hydrogen) atoms. The van der Waals surface area contributed by atoms with Gasteiger partial charge in [-0.05, 0) is 90.3 Å². The van der Waals surface area contributed by atoms with E-state index >= 15 is 0 Å². The Kier molecular flexibility index (Phi) is 7.30. The molecule has 5 rings (SSSR count). The highest BCUT2D eigenvalue weighted by Crippen LogP contribution is 2.27.